The highest BCUT2D eigenvalue weighted by atomic mass is 32.1. The van der Waals surface area contributed by atoms with Crippen molar-refractivity contribution in [1.29, 1.82) is 0 Å². The Bertz CT molecular complexity index is 801. The number of hydrogen-bond acceptors (Lipinski definition) is 7. The van der Waals surface area contributed by atoms with Crippen molar-refractivity contribution in [2.24, 2.45) is 0 Å². The van der Waals surface area contributed by atoms with Crippen molar-refractivity contribution in [3.63, 3.8) is 0 Å². The number of hydrogen-bond donors (Lipinski definition) is 1. The molecule has 0 aliphatic heterocycles. The lowest BCUT2D eigenvalue weighted by Crippen LogP contribution is -2.14. The number of pyridine rings is 1. The van der Waals surface area contributed by atoms with Crippen LogP contribution in [-0.2, 0) is 4.74 Å². The molecular formula is C16H15N3O4S. The van der Waals surface area contributed by atoms with Crippen LogP contribution in [0.4, 0.5) is 5.69 Å². The molecule has 0 spiro atoms. The van der Waals surface area contributed by atoms with Crippen molar-refractivity contribution in [1.82, 2.24) is 9.97 Å². The van der Waals surface area contributed by atoms with E-state index in [0.717, 1.165) is 0 Å². The van der Waals surface area contributed by atoms with Gasteiger partial charge in [-0.05, 0) is 24.3 Å². The minimum Gasteiger partial charge on any atom is -0.474 e. The number of anilines is 1. The van der Waals surface area contributed by atoms with Crippen LogP contribution in [0.25, 0.3) is 10.8 Å². The number of carbonyl (C=O) groups excluding carboxylic acids is 1. The van der Waals surface area contributed by atoms with E-state index in [1.54, 1.807) is 49.2 Å². The van der Waals surface area contributed by atoms with Gasteiger partial charge in [-0.3, -0.25) is 4.79 Å². The molecule has 0 aromatic carbocycles. The summed E-state index contributed by atoms with van der Waals surface area (Å²) in [6, 6.07) is 7.00. The van der Waals surface area contributed by atoms with Gasteiger partial charge in [0.2, 0.25) is 5.88 Å². The topological polar surface area (TPSA) is 86.5 Å². The molecule has 0 aliphatic rings. The zero-order chi connectivity index (χ0) is 16.8. The molecule has 0 unspecified atom stereocenters. The molecule has 1 N–H and O–H groups in total. The van der Waals surface area contributed by atoms with Crippen LogP contribution < -0.4 is 10.1 Å². The van der Waals surface area contributed by atoms with Gasteiger partial charge in [0.15, 0.2) is 10.8 Å². The molecule has 8 heteroatoms. The van der Waals surface area contributed by atoms with Crippen LogP contribution in [0.2, 0.25) is 0 Å². The van der Waals surface area contributed by atoms with E-state index in [0.29, 0.717) is 41.2 Å². The van der Waals surface area contributed by atoms with Crippen molar-refractivity contribution in [3.05, 3.63) is 47.8 Å². The third kappa shape index (κ3) is 3.79. The number of rotatable bonds is 7. The quantitative estimate of drug-likeness (QED) is 0.662. The summed E-state index contributed by atoms with van der Waals surface area (Å²) in [7, 11) is 1.59. The molecule has 124 valence electrons. The Morgan fingerprint density at radius 2 is 2.25 bits per heavy atom. The largest absolute Gasteiger partial charge is 0.474 e. The third-order valence-corrected chi connectivity index (χ3v) is 3.87. The molecule has 7 nitrogen and oxygen atoms in total. The molecule has 3 aromatic heterocycles. The second kappa shape index (κ2) is 7.71. The van der Waals surface area contributed by atoms with Gasteiger partial charge < -0.3 is 19.2 Å². The molecule has 3 heterocycles. The van der Waals surface area contributed by atoms with Crippen LogP contribution in [-0.4, -0.2) is 36.2 Å². The first-order valence-electron chi connectivity index (χ1n) is 7.15. The molecule has 1 amide bonds. The maximum Gasteiger partial charge on any atom is 0.275 e. The van der Waals surface area contributed by atoms with Crippen molar-refractivity contribution in [2.75, 3.05) is 25.6 Å². The fourth-order valence-electron chi connectivity index (χ4n) is 1.90. The SMILES string of the molecule is COCCOc1ncccc1NC(=O)c1csc(-c2ccco2)n1. The van der Waals surface area contributed by atoms with Crippen LogP contribution in [0.15, 0.2) is 46.5 Å². The first-order valence-corrected chi connectivity index (χ1v) is 8.03. The van der Waals surface area contributed by atoms with Gasteiger partial charge in [-0.15, -0.1) is 11.3 Å². The van der Waals surface area contributed by atoms with E-state index in [2.05, 4.69) is 15.3 Å². The Morgan fingerprint density at radius 1 is 1.33 bits per heavy atom. The molecule has 0 atom stereocenters. The maximum absolute atomic E-state index is 12.4. The summed E-state index contributed by atoms with van der Waals surface area (Å²) in [5.41, 5.74) is 0.782. The summed E-state index contributed by atoms with van der Waals surface area (Å²) in [4.78, 5) is 20.8. The van der Waals surface area contributed by atoms with E-state index in [9.17, 15) is 4.79 Å². The summed E-state index contributed by atoms with van der Waals surface area (Å²) < 4.78 is 15.7. The predicted molar refractivity (Wildman–Crippen MR) is 89.4 cm³/mol. The molecular weight excluding hydrogens is 330 g/mol. The summed E-state index contributed by atoms with van der Waals surface area (Å²) in [6.07, 6.45) is 3.16. The van der Waals surface area contributed by atoms with Crippen molar-refractivity contribution >= 4 is 22.9 Å². The van der Waals surface area contributed by atoms with Crippen LogP contribution in [0, 0.1) is 0 Å². The van der Waals surface area contributed by atoms with Crippen molar-refractivity contribution < 1.29 is 18.7 Å². The Balaban J connectivity index is 1.71. The van der Waals surface area contributed by atoms with Gasteiger partial charge in [0.25, 0.3) is 5.91 Å². The monoisotopic (exact) mass is 345 g/mol. The van der Waals surface area contributed by atoms with Crippen LogP contribution in [0.3, 0.4) is 0 Å². The predicted octanol–water partition coefficient (Wildman–Crippen LogP) is 3.08. The zero-order valence-electron chi connectivity index (χ0n) is 12.9. The normalized spacial score (nSPS) is 10.5. The first kappa shape index (κ1) is 16.2. The fraction of sp³-hybridized carbons (Fsp3) is 0.188. The third-order valence-electron chi connectivity index (χ3n) is 3.01. The van der Waals surface area contributed by atoms with Gasteiger partial charge in [-0.25, -0.2) is 9.97 Å². The minimum atomic E-state index is -0.339. The molecule has 0 saturated carbocycles. The number of ether oxygens (including phenoxy) is 2. The van der Waals surface area contributed by atoms with Gasteiger partial charge in [-0.2, -0.15) is 0 Å². The molecule has 0 fully saturated rings. The molecule has 3 aromatic rings. The van der Waals surface area contributed by atoms with E-state index in [1.807, 2.05) is 0 Å². The number of carbonyl (C=O) groups is 1. The number of methoxy groups -OCH3 is 1. The number of nitrogens with zero attached hydrogens (tertiary/aromatic N) is 2. The molecule has 24 heavy (non-hydrogen) atoms. The van der Waals surface area contributed by atoms with Gasteiger partial charge in [0.1, 0.15) is 18.0 Å². The number of aromatic nitrogens is 2. The standard InChI is InChI=1S/C16H15N3O4S/c1-21-8-9-23-15-11(4-2-6-17-15)18-14(20)12-10-24-16(19-12)13-5-3-7-22-13/h2-7,10H,8-9H2,1H3,(H,18,20). The van der Waals surface area contributed by atoms with Crippen molar-refractivity contribution in [2.45, 2.75) is 0 Å². The smallest absolute Gasteiger partial charge is 0.275 e. The van der Waals surface area contributed by atoms with Gasteiger partial charge in [0.05, 0.1) is 12.9 Å². The zero-order valence-corrected chi connectivity index (χ0v) is 13.7. The van der Waals surface area contributed by atoms with Crippen molar-refractivity contribution in [3.8, 4) is 16.6 Å². The summed E-state index contributed by atoms with van der Waals surface area (Å²) >= 11 is 1.34. The number of thiazole rings is 1. The Labute approximate surface area is 142 Å². The van der Waals surface area contributed by atoms with E-state index < -0.39 is 0 Å². The molecule has 3 rings (SSSR count). The summed E-state index contributed by atoms with van der Waals surface area (Å²) in [5.74, 6) is 0.627. The Hall–Kier alpha value is -2.71. The first-order chi connectivity index (χ1) is 11.8. The average Bonchev–Trinajstić information content (AvgIpc) is 3.28. The number of furan rings is 1. The Kier molecular flexibility index (Phi) is 5.19. The summed E-state index contributed by atoms with van der Waals surface area (Å²) in [5, 5.41) is 5.08. The minimum absolute atomic E-state index is 0.304. The number of amides is 1. The van der Waals surface area contributed by atoms with Crippen LogP contribution >= 0.6 is 11.3 Å². The highest BCUT2D eigenvalue weighted by Crippen LogP contribution is 2.25. The second-order valence-electron chi connectivity index (χ2n) is 4.67. The average molecular weight is 345 g/mol. The van der Waals surface area contributed by atoms with Gasteiger partial charge in [0, 0.05) is 18.7 Å². The highest BCUT2D eigenvalue weighted by Gasteiger charge is 2.15. The molecule has 0 saturated heterocycles. The van der Waals surface area contributed by atoms with E-state index in [1.165, 1.54) is 11.3 Å². The molecule has 0 radical (unpaired) electrons. The lowest BCUT2D eigenvalue weighted by atomic mass is 10.3. The maximum atomic E-state index is 12.4. The molecule has 0 aliphatic carbocycles. The summed E-state index contributed by atoms with van der Waals surface area (Å²) in [6.45, 7) is 0.776. The van der Waals surface area contributed by atoms with E-state index >= 15 is 0 Å². The highest BCUT2D eigenvalue weighted by molar-refractivity contribution is 7.13. The van der Waals surface area contributed by atoms with E-state index in [-0.39, 0.29) is 5.91 Å². The van der Waals surface area contributed by atoms with E-state index in [4.69, 9.17) is 13.9 Å². The Morgan fingerprint density at radius 3 is 3.04 bits per heavy atom. The van der Waals surface area contributed by atoms with Crippen LogP contribution in [0.1, 0.15) is 10.5 Å². The van der Waals surface area contributed by atoms with Gasteiger partial charge in [-0.1, -0.05) is 0 Å². The van der Waals surface area contributed by atoms with Crippen LogP contribution in [0.5, 0.6) is 5.88 Å². The number of nitrogens with one attached hydrogen (secondary N) is 1. The lowest BCUT2D eigenvalue weighted by molar-refractivity contribution is 0.102. The lowest BCUT2D eigenvalue weighted by Gasteiger charge is -2.10. The van der Waals surface area contributed by atoms with Gasteiger partial charge >= 0.3 is 0 Å². The fourth-order valence-corrected chi connectivity index (χ4v) is 2.67. The molecule has 0 bridgehead atoms. The second-order valence-corrected chi connectivity index (χ2v) is 5.52.